The summed E-state index contributed by atoms with van der Waals surface area (Å²) in [6.07, 6.45) is -2.51. The Balaban J connectivity index is 2.61. The summed E-state index contributed by atoms with van der Waals surface area (Å²) in [5, 5.41) is 10.5. The van der Waals surface area contributed by atoms with Crippen LogP contribution in [-0.2, 0) is 0 Å². The lowest BCUT2D eigenvalue weighted by Crippen LogP contribution is -2.36. The number of nitrogens with zero attached hydrogens (tertiary/aromatic N) is 1. The van der Waals surface area contributed by atoms with Gasteiger partial charge in [0.05, 0.1) is 24.6 Å². The van der Waals surface area contributed by atoms with Crippen LogP contribution in [0.5, 0.6) is 0 Å². The van der Waals surface area contributed by atoms with E-state index >= 15 is 0 Å². The van der Waals surface area contributed by atoms with E-state index in [9.17, 15) is 13.6 Å². The van der Waals surface area contributed by atoms with Gasteiger partial charge in [-0.15, -0.1) is 11.3 Å². The van der Waals surface area contributed by atoms with Gasteiger partial charge in [0, 0.05) is 11.0 Å². The molecule has 0 amide bonds. The molecule has 1 rings (SSSR count). The van der Waals surface area contributed by atoms with Crippen molar-refractivity contribution >= 4 is 33.0 Å². The predicted octanol–water partition coefficient (Wildman–Crippen LogP) is 2.25. The third kappa shape index (κ3) is 4.79. The number of carbonyl (C=O) groups excluding carboxylic acids is 1. The van der Waals surface area contributed by atoms with E-state index in [2.05, 4.69) is 15.9 Å². The van der Waals surface area contributed by atoms with Crippen LogP contribution in [0.15, 0.2) is 15.9 Å². The summed E-state index contributed by atoms with van der Waals surface area (Å²) in [6.45, 7) is -0.788. The molecule has 0 aliphatic carbocycles. The van der Waals surface area contributed by atoms with Crippen LogP contribution in [-0.4, -0.2) is 48.5 Å². The second-order valence-corrected chi connectivity index (χ2v) is 5.14. The first kappa shape index (κ1) is 14.7. The minimum absolute atomic E-state index is 0.0685. The number of halogens is 3. The minimum atomic E-state index is -2.51. The lowest BCUT2D eigenvalue weighted by Gasteiger charge is -2.19. The number of hydrogen-bond acceptors (Lipinski definition) is 4. The second kappa shape index (κ2) is 7.15. The fraction of sp³-hybridized carbons (Fsp3) is 0.500. The monoisotopic (exact) mass is 327 g/mol. The largest absolute Gasteiger partial charge is 0.395 e. The smallest absolute Gasteiger partial charge is 0.251 e. The van der Waals surface area contributed by atoms with Gasteiger partial charge in [-0.2, -0.15) is 0 Å². The standard InChI is InChI=1S/C10H12BrF2NO2S/c11-7-1-4-17-10(7)8(16)5-14(2-3-15)6-9(12)13/h1,4,9,15H,2-3,5-6H2. The molecule has 17 heavy (non-hydrogen) atoms. The molecule has 1 heterocycles. The minimum Gasteiger partial charge on any atom is -0.395 e. The first-order valence-corrected chi connectivity index (χ1v) is 6.59. The maximum Gasteiger partial charge on any atom is 0.251 e. The third-order valence-corrected chi connectivity index (χ3v) is 3.93. The van der Waals surface area contributed by atoms with Gasteiger partial charge >= 0.3 is 0 Å². The van der Waals surface area contributed by atoms with Gasteiger partial charge in [-0.3, -0.25) is 9.69 Å². The summed E-state index contributed by atoms with van der Waals surface area (Å²) < 4.78 is 25.2. The molecule has 0 atom stereocenters. The number of hydrogen-bond donors (Lipinski definition) is 1. The number of aliphatic hydroxyl groups is 1. The highest BCUT2D eigenvalue weighted by Gasteiger charge is 2.18. The van der Waals surface area contributed by atoms with Crippen LogP contribution >= 0.6 is 27.3 Å². The highest BCUT2D eigenvalue weighted by Crippen LogP contribution is 2.23. The van der Waals surface area contributed by atoms with Crippen molar-refractivity contribution in [1.82, 2.24) is 4.90 Å². The quantitative estimate of drug-likeness (QED) is 0.781. The second-order valence-electron chi connectivity index (χ2n) is 3.37. The Morgan fingerprint density at radius 1 is 1.59 bits per heavy atom. The molecular formula is C10H12BrF2NO2S. The molecule has 1 aromatic heterocycles. The normalized spacial score (nSPS) is 11.4. The van der Waals surface area contributed by atoms with Gasteiger partial charge in [-0.25, -0.2) is 8.78 Å². The van der Waals surface area contributed by atoms with Crippen LogP contribution in [0.1, 0.15) is 9.67 Å². The number of alkyl halides is 2. The van der Waals surface area contributed by atoms with Crippen LogP contribution < -0.4 is 0 Å². The van der Waals surface area contributed by atoms with Gasteiger partial charge in [0.2, 0.25) is 0 Å². The Bertz CT molecular complexity index is 373. The molecule has 0 saturated carbocycles. The summed E-state index contributed by atoms with van der Waals surface area (Å²) in [7, 11) is 0. The van der Waals surface area contributed by atoms with E-state index in [4.69, 9.17) is 5.11 Å². The molecular weight excluding hydrogens is 316 g/mol. The average Bonchev–Trinajstić information content (AvgIpc) is 2.63. The van der Waals surface area contributed by atoms with Crippen LogP contribution in [0, 0.1) is 0 Å². The molecule has 1 N–H and O–H groups in total. The molecule has 1 aromatic rings. The first-order valence-electron chi connectivity index (χ1n) is 4.92. The number of carbonyl (C=O) groups is 1. The Morgan fingerprint density at radius 3 is 2.76 bits per heavy atom. The number of Topliss-reactive ketones (excluding diaryl/α,β-unsaturated/α-hetero) is 1. The van der Waals surface area contributed by atoms with Crippen LogP contribution in [0.4, 0.5) is 8.78 Å². The Morgan fingerprint density at radius 2 is 2.29 bits per heavy atom. The summed E-state index contributed by atoms with van der Waals surface area (Å²) >= 11 is 4.48. The van der Waals surface area contributed by atoms with Crippen molar-refractivity contribution in [2.75, 3.05) is 26.2 Å². The topological polar surface area (TPSA) is 40.5 Å². The molecule has 96 valence electrons. The van der Waals surface area contributed by atoms with Crippen molar-refractivity contribution in [2.45, 2.75) is 6.43 Å². The molecule has 0 bridgehead atoms. The maximum atomic E-state index is 12.2. The molecule has 7 heteroatoms. The highest BCUT2D eigenvalue weighted by atomic mass is 79.9. The van der Waals surface area contributed by atoms with Gasteiger partial charge in [0.25, 0.3) is 6.43 Å². The van der Waals surface area contributed by atoms with Crippen LogP contribution in [0.2, 0.25) is 0 Å². The summed E-state index contributed by atoms with van der Waals surface area (Å²) in [5.41, 5.74) is 0. The van der Waals surface area contributed by atoms with Gasteiger partial charge in [0.1, 0.15) is 0 Å². The molecule has 0 unspecified atom stereocenters. The van der Waals surface area contributed by atoms with Crippen LogP contribution in [0.3, 0.4) is 0 Å². The number of rotatable bonds is 7. The van der Waals surface area contributed by atoms with E-state index in [1.807, 2.05) is 0 Å². The van der Waals surface area contributed by atoms with E-state index in [0.717, 1.165) is 0 Å². The van der Waals surface area contributed by atoms with Crippen molar-refractivity contribution in [3.05, 3.63) is 20.8 Å². The molecule has 0 radical (unpaired) electrons. The summed E-state index contributed by atoms with van der Waals surface area (Å²) in [4.78, 5) is 13.6. The van der Waals surface area contributed by atoms with E-state index in [-0.39, 0.29) is 25.5 Å². The maximum absolute atomic E-state index is 12.2. The Hall–Kier alpha value is -0.370. The fourth-order valence-corrected chi connectivity index (χ4v) is 2.86. The zero-order valence-electron chi connectivity index (χ0n) is 8.91. The van der Waals surface area contributed by atoms with Gasteiger partial charge < -0.3 is 5.11 Å². The predicted molar refractivity (Wildman–Crippen MR) is 65.9 cm³/mol. The molecule has 0 aliphatic heterocycles. The molecule has 3 nitrogen and oxygen atoms in total. The molecule has 0 fully saturated rings. The first-order chi connectivity index (χ1) is 8.04. The van der Waals surface area contributed by atoms with Gasteiger partial charge in [-0.05, 0) is 27.4 Å². The zero-order chi connectivity index (χ0) is 12.8. The van der Waals surface area contributed by atoms with Gasteiger partial charge in [0.15, 0.2) is 5.78 Å². The van der Waals surface area contributed by atoms with Crippen molar-refractivity contribution in [1.29, 1.82) is 0 Å². The zero-order valence-corrected chi connectivity index (χ0v) is 11.3. The summed E-state index contributed by atoms with van der Waals surface area (Å²) in [5.74, 6) is -0.221. The lowest BCUT2D eigenvalue weighted by atomic mass is 10.3. The van der Waals surface area contributed by atoms with E-state index in [1.54, 1.807) is 11.4 Å². The average molecular weight is 328 g/mol. The van der Waals surface area contributed by atoms with E-state index < -0.39 is 13.0 Å². The SMILES string of the molecule is O=C(CN(CCO)CC(F)F)c1sccc1Br. The lowest BCUT2D eigenvalue weighted by molar-refractivity contribution is 0.0691. The Kier molecular flexibility index (Phi) is 6.18. The fourth-order valence-electron chi connectivity index (χ4n) is 1.34. The van der Waals surface area contributed by atoms with Crippen LogP contribution in [0.25, 0.3) is 0 Å². The number of aliphatic hydroxyl groups excluding tert-OH is 1. The molecule has 0 spiro atoms. The third-order valence-electron chi connectivity index (χ3n) is 2.05. The number of ketones is 1. The van der Waals surface area contributed by atoms with Crippen molar-refractivity contribution in [3.63, 3.8) is 0 Å². The molecule has 0 saturated heterocycles. The van der Waals surface area contributed by atoms with Crippen molar-refractivity contribution in [3.8, 4) is 0 Å². The molecule has 0 aliphatic rings. The van der Waals surface area contributed by atoms with E-state index in [0.29, 0.717) is 9.35 Å². The molecule has 0 aromatic carbocycles. The van der Waals surface area contributed by atoms with Crippen molar-refractivity contribution < 1.29 is 18.7 Å². The number of thiophene rings is 1. The van der Waals surface area contributed by atoms with E-state index in [1.165, 1.54) is 16.2 Å². The summed E-state index contributed by atoms with van der Waals surface area (Å²) in [6, 6.07) is 1.74. The van der Waals surface area contributed by atoms with Gasteiger partial charge in [-0.1, -0.05) is 0 Å². The highest BCUT2D eigenvalue weighted by molar-refractivity contribution is 9.10. The van der Waals surface area contributed by atoms with Crippen molar-refractivity contribution in [2.24, 2.45) is 0 Å². The Labute approximate surface area is 110 Å².